The van der Waals surface area contributed by atoms with E-state index in [9.17, 15) is 0 Å². The summed E-state index contributed by atoms with van der Waals surface area (Å²) in [5, 5.41) is 6.47. The molecule has 232 valence electrons. The average molecular weight is 650 g/mol. The molecule has 0 aliphatic rings. The van der Waals surface area contributed by atoms with Gasteiger partial charge in [0.15, 0.2) is 0 Å². The highest BCUT2D eigenvalue weighted by atomic mass is 31.2. The molecule has 7 aromatic rings. The zero-order valence-corrected chi connectivity index (χ0v) is 27.7. The molecule has 0 bridgehead atoms. The molecule has 46 heavy (non-hydrogen) atoms. The smallest absolute Gasteiger partial charge is 0.397 e. The molecule has 0 aliphatic carbocycles. The van der Waals surface area contributed by atoms with E-state index in [1.165, 1.54) is 0 Å². The summed E-state index contributed by atoms with van der Waals surface area (Å²) in [5.41, 5.74) is 1.49. The molecule has 7 nitrogen and oxygen atoms in total. The molecule has 7 rings (SSSR count). The van der Waals surface area contributed by atoms with Crippen molar-refractivity contribution in [3.63, 3.8) is 0 Å². The molecule has 0 amide bonds. The molecule has 0 saturated heterocycles. The monoisotopic (exact) mass is 649 g/mol. The quantitative estimate of drug-likeness (QED) is 0.144. The molecule has 0 spiro atoms. The third-order valence-corrected chi connectivity index (χ3v) is 11.6. The van der Waals surface area contributed by atoms with Gasteiger partial charge >= 0.3 is 16.7 Å². The number of benzene rings is 6. The predicted molar refractivity (Wildman–Crippen MR) is 189 cm³/mol. The molecule has 0 unspecified atom stereocenters. The van der Waals surface area contributed by atoms with Crippen molar-refractivity contribution in [2.75, 3.05) is 18.7 Å². The largest absolute Gasteiger partial charge is 0.497 e. The molecule has 0 N–H and O–H groups in total. The van der Waals surface area contributed by atoms with Crippen molar-refractivity contribution < 1.29 is 26.9 Å². The van der Waals surface area contributed by atoms with Crippen LogP contribution in [0.25, 0.3) is 43.5 Å². The summed E-state index contributed by atoms with van der Waals surface area (Å²) in [4.78, 5) is 0. The van der Waals surface area contributed by atoms with Crippen LogP contribution in [0.1, 0.15) is 13.8 Å². The van der Waals surface area contributed by atoms with Gasteiger partial charge in [-0.2, -0.15) is 0 Å². The van der Waals surface area contributed by atoms with E-state index in [4.69, 9.17) is 26.9 Å². The molecule has 1 heterocycles. The molecule has 0 atom stereocenters. The summed E-state index contributed by atoms with van der Waals surface area (Å²) >= 11 is 0. The molecule has 1 aromatic heterocycles. The highest BCUT2D eigenvalue weighted by Crippen LogP contribution is 2.54. The van der Waals surface area contributed by atoms with E-state index in [0.717, 1.165) is 55.0 Å². The lowest BCUT2D eigenvalue weighted by atomic mass is 9.99. The minimum Gasteiger partial charge on any atom is -0.497 e. The number of hydrogen-bond donors (Lipinski definition) is 0. The van der Waals surface area contributed by atoms with E-state index >= 15 is 0 Å². The van der Waals surface area contributed by atoms with Crippen molar-refractivity contribution in [3.05, 3.63) is 121 Å². The lowest BCUT2D eigenvalue weighted by Crippen LogP contribution is -2.26. The number of hydrogen-bond acceptors (Lipinski definition) is 7. The third kappa shape index (κ3) is 5.86. The van der Waals surface area contributed by atoms with Gasteiger partial charge in [-0.05, 0) is 96.1 Å². The third-order valence-electron chi connectivity index (χ3n) is 7.67. The van der Waals surface area contributed by atoms with Gasteiger partial charge in [0.1, 0.15) is 34.2 Å². The fourth-order valence-corrected chi connectivity index (χ4v) is 8.76. The van der Waals surface area contributed by atoms with E-state index in [1.54, 1.807) is 14.2 Å². The minimum absolute atomic E-state index is 0.0837. The van der Waals surface area contributed by atoms with Crippen LogP contribution in [0, 0.1) is 0 Å². The molecule has 9 heteroatoms. The summed E-state index contributed by atoms with van der Waals surface area (Å²) in [6.45, 7) is 4.18. The summed E-state index contributed by atoms with van der Waals surface area (Å²) in [7, 11) is -0.288. The topological polar surface area (TPSA) is 66.4 Å². The van der Waals surface area contributed by atoms with Gasteiger partial charge in [-0.3, -0.25) is 0 Å². The van der Waals surface area contributed by atoms with E-state index in [2.05, 4.69) is 79.0 Å². The maximum atomic E-state index is 6.93. The van der Waals surface area contributed by atoms with Gasteiger partial charge in [0, 0.05) is 16.8 Å². The molecule has 0 aliphatic heterocycles. The SMILES string of the molecule is COc1ccc(OP(Oc2ccc(OC)cc2)N(C(C)C)p2oc3ccc4ccccc4c3c3c(ccc4ccccc43)o2)cc1. The highest BCUT2D eigenvalue weighted by molar-refractivity contribution is 7.63. The van der Waals surface area contributed by atoms with E-state index in [1.807, 2.05) is 60.7 Å². The zero-order valence-electron chi connectivity index (χ0n) is 25.9. The number of methoxy groups -OCH3 is 2. The summed E-state index contributed by atoms with van der Waals surface area (Å²) in [5.74, 6) is 2.74. The molecular weight excluding hydrogens is 616 g/mol. The van der Waals surface area contributed by atoms with E-state index in [-0.39, 0.29) is 6.04 Å². The summed E-state index contributed by atoms with van der Waals surface area (Å²) in [6, 6.07) is 39.9. The van der Waals surface area contributed by atoms with Crippen molar-refractivity contribution >= 4 is 60.2 Å². The number of nitrogens with zero attached hydrogens (tertiary/aromatic N) is 1. The van der Waals surface area contributed by atoms with Crippen LogP contribution in [-0.4, -0.2) is 20.3 Å². The summed E-state index contributed by atoms with van der Waals surface area (Å²) in [6.07, 6.45) is 0. The Labute approximate surface area is 269 Å². The first-order valence-electron chi connectivity index (χ1n) is 15.0. The standard InChI is InChI=1S/C37H33NO6P2/c1-25(2)38(45(41-30-19-15-28(39-3)16-20-30)42-31-21-17-29(40-4)18-22-31)46-43-34-23-13-26-9-5-7-11-32(26)36(34)37-33-12-8-6-10-27(33)14-24-35(37)44-46/h5-25H,1-4H3. The van der Waals surface area contributed by atoms with Crippen LogP contribution < -0.4 is 23.0 Å². The van der Waals surface area contributed by atoms with E-state index < -0.39 is 16.7 Å². The lowest BCUT2D eigenvalue weighted by Gasteiger charge is -2.29. The van der Waals surface area contributed by atoms with Crippen molar-refractivity contribution in [3.8, 4) is 23.0 Å². The van der Waals surface area contributed by atoms with Gasteiger partial charge in [0.2, 0.25) is 0 Å². The Balaban J connectivity index is 1.46. The van der Waals surface area contributed by atoms with Gasteiger partial charge in [-0.25, -0.2) is 0 Å². The van der Waals surface area contributed by atoms with Gasteiger partial charge < -0.3 is 26.9 Å². The molecule has 0 saturated carbocycles. The fourth-order valence-electron chi connectivity index (χ4n) is 5.43. The second-order valence-electron chi connectivity index (χ2n) is 10.9. The van der Waals surface area contributed by atoms with Crippen LogP contribution in [0.3, 0.4) is 0 Å². The Bertz CT molecular complexity index is 2030. The summed E-state index contributed by atoms with van der Waals surface area (Å²) < 4.78 is 40.0. The van der Waals surface area contributed by atoms with Gasteiger partial charge in [-0.1, -0.05) is 60.7 Å². The average Bonchev–Trinajstić information content (AvgIpc) is 3.26. The number of ether oxygens (including phenoxy) is 2. The van der Waals surface area contributed by atoms with Crippen molar-refractivity contribution in [1.82, 2.24) is 0 Å². The Morgan fingerprint density at radius 1 is 0.543 bits per heavy atom. The lowest BCUT2D eigenvalue weighted by molar-refractivity contribution is 0.412. The molecule has 6 aromatic carbocycles. The Hall–Kier alpha value is -4.67. The van der Waals surface area contributed by atoms with E-state index in [0.29, 0.717) is 11.5 Å². The number of fused-ring (bicyclic) bond motifs is 7. The Morgan fingerprint density at radius 2 is 0.957 bits per heavy atom. The van der Waals surface area contributed by atoms with Crippen LogP contribution in [0.5, 0.6) is 23.0 Å². The fraction of sp³-hybridized carbons (Fsp3) is 0.135. The van der Waals surface area contributed by atoms with Gasteiger partial charge in [-0.15, -0.1) is 4.44 Å². The molecule has 0 fully saturated rings. The molecular formula is C37H33NO6P2. The Kier molecular flexibility index (Phi) is 8.47. The van der Waals surface area contributed by atoms with Crippen molar-refractivity contribution in [1.29, 1.82) is 0 Å². The normalized spacial score (nSPS) is 11.6. The van der Waals surface area contributed by atoms with Gasteiger partial charge in [0.25, 0.3) is 0 Å². The maximum absolute atomic E-state index is 6.93. The van der Waals surface area contributed by atoms with Crippen LogP contribution in [0.2, 0.25) is 0 Å². The van der Waals surface area contributed by atoms with Crippen molar-refractivity contribution in [2.24, 2.45) is 0 Å². The van der Waals surface area contributed by atoms with Crippen LogP contribution in [0.4, 0.5) is 0 Å². The van der Waals surface area contributed by atoms with Crippen LogP contribution >= 0.6 is 16.7 Å². The predicted octanol–water partition coefficient (Wildman–Crippen LogP) is 11.3. The minimum atomic E-state index is -1.80. The second kappa shape index (κ2) is 13.0. The highest BCUT2D eigenvalue weighted by Gasteiger charge is 2.34. The Morgan fingerprint density at radius 3 is 1.37 bits per heavy atom. The second-order valence-corrected chi connectivity index (χ2v) is 13.8. The number of rotatable bonds is 9. The van der Waals surface area contributed by atoms with Crippen molar-refractivity contribution in [2.45, 2.75) is 19.9 Å². The van der Waals surface area contributed by atoms with Crippen LogP contribution in [0.15, 0.2) is 130 Å². The first-order valence-corrected chi connectivity index (χ1v) is 17.2. The first kappa shape index (κ1) is 30.0. The van der Waals surface area contributed by atoms with Crippen LogP contribution in [-0.2, 0) is 0 Å². The maximum Gasteiger partial charge on any atom is 0.397 e. The zero-order chi connectivity index (χ0) is 31.6. The molecule has 0 radical (unpaired) electrons. The first-order chi connectivity index (χ1) is 22.5. The van der Waals surface area contributed by atoms with Gasteiger partial charge in [0.05, 0.1) is 14.2 Å².